The lowest BCUT2D eigenvalue weighted by Crippen LogP contribution is -2.24. The zero-order valence-electron chi connectivity index (χ0n) is 13.1. The molecule has 0 saturated carbocycles. The van der Waals surface area contributed by atoms with Crippen LogP contribution in [0.25, 0.3) is 11.3 Å². The number of rotatable bonds is 6. The quantitative estimate of drug-likeness (QED) is 0.800. The van der Waals surface area contributed by atoms with Gasteiger partial charge in [-0.2, -0.15) is 0 Å². The predicted molar refractivity (Wildman–Crippen MR) is 86.4 cm³/mol. The van der Waals surface area contributed by atoms with Crippen LogP contribution in [-0.2, 0) is 22.4 Å². The molecular weight excluding hydrogens is 294 g/mol. The molecule has 5 nitrogen and oxygen atoms in total. The highest BCUT2D eigenvalue weighted by Crippen LogP contribution is 2.31. The summed E-state index contributed by atoms with van der Waals surface area (Å²) in [6.45, 7) is 3.78. The van der Waals surface area contributed by atoms with E-state index in [-0.39, 0.29) is 0 Å². The van der Waals surface area contributed by atoms with Crippen molar-refractivity contribution in [2.75, 3.05) is 0 Å². The maximum absolute atomic E-state index is 11.4. The number of benzene rings is 1. The number of carbonyl (C=O) groups is 2. The minimum absolute atomic E-state index is 0.398. The Morgan fingerprint density at radius 1 is 1.04 bits per heavy atom. The predicted octanol–water partition coefficient (Wildman–Crippen LogP) is 3.13. The number of hydrogen-bond acceptors (Lipinski definition) is 3. The monoisotopic (exact) mass is 313 g/mol. The SMILES string of the molecule is CCc1cc(-c2ccccn2)cc(CC)c1C(C(=O)O)C(=O)O. The molecule has 0 aliphatic heterocycles. The number of carboxylic acids is 2. The van der Waals surface area contributed by atoms with Crippen molar-refractivity contribution < 1.29 is 19.8 Å². The Morgan fingerprint density at radius 3 is 2.00 bits per heavy atom. The summed E-state index contributed by atoms with van der Waals surface area (Å²) in [5.41, 5.74) is 3.53. The molecule has 2 aromatic rings. The molecule has 5 heteroatoms. The van der Waals surface area contributed by atoms with E-state index in [9.17, 15) is 19.8 Å². The average molecular weight is 313 g/mol. The van der Waals surface area contributed by atoms with Crippen LogP contribution in [0.4, 0.5) is 0 Å². The summed E-state index contributed by atoms with van der Waals surface area (Å²) in [4.78, 5) is 27.2. The van der Waals surface area contributed by atoms with Gasteiger partial charge in [-0.3, -0.25) is 14.6 Å². The van der Waals surface area contributed by atoms with E-state index in [4.69, 9.17) is 0 Å². The third-order valence-electron chi connectivity index (χ3n) is 3.86. The van der Waals surface area contributed by atoms with Crippen molar-refractivity contribution in [3.05, 3.63) is 53.2 Å². The molecular formula is C18H19NO4. The fourth-order valence-corrected chi connectivity index (χ4v) is 2.77. The molecule has 0 amide bonds. The Labute approximate surface area is 134 Å². The molecule has 23 heavy (non-hydrogen) atoms. The van der Waals surface area contributed by atoms with Crippen LogP contribution in [0.1, 0.15) is 36.5 Å². The second-order valence-corrected chi connectivity index (χ2v) is 5.24. The maximum atomic E-state index is 11.4. The van der Waals surface area contributed by atoms with Crippen molar-refractivity contribution in [2.24, 2.45) is 0 Å². The van der Waals surface area contributed by atoms with Crippen molar-refractivity contribution in [1.82, 2.24) is 4.98 Å². The van der Waals surface area contributed by atoms with E-state index in [1.165, 1.54) is 0 Å². The zero-order valence-corrected chi connectivity index (χ0v) is 13.1. The summed E-state index contributed by atoms with van der Waals surface area (Å²) >= 11 is 0. The molecule has 0 spiro atoms. The molecule has 0 radical (unpaired) electrons. The van der Waals surface area contributed by atoms with Crippen LogP contribution < -0.4 is 0 Å². The number of hydrogen-bond donors (Lipinski definition) is 2. The van der Waals surface area contributed by atoms with Crippen molar-refractivity contribution in [3.63, 3.8) is 0 Å². The highest BCUT2D eigenvalue weighted by atomic mass is 16.4. The summed E-state index contributed by atoms with van der Waals surface area (Å²) in [6.07, 6.45) is 2.80. The third kappa shape index (κ3) is 3.39. The van der Waals surface area contributed by atoms with Gasteiger partial charge >= 0.3 is 11.9 Å². The second kappa shape index (κ2) is 7.05. The van der Waals surface area contributed by atoms with E-state index in [1.54, 1.807) is 6.20 Å². The topological polar surface area (TPSA) is 87.5 Å². The van der Waals surface area contributed by atoms with Gasteiger partial charge in [0, 0.05) is 11.8 Å². The van der Waals surface area contributed by atoms with E-state index in [0.717, 1.165) is 22.4 Å². The molecule has 2 N–H and O–H groups in total. The highest BCUT2D eigenvalue weighted by molar-refractivity contribution is 6.00. The first kappa shape index (κ1) is 16.7. The first-order chi connectivity index (χ1) is 11.0. The first-order valence-corrected chi connectivity index (χ1v) is 7.52. The summed E-state index contributed by atoms with van der Waals surface area (Å²) in [6, 6.07) is 9.26. The van der Waals surface area contributed by atoms with Crippen LogP contribution in [0.3, 0.4) is 0 Å². The Kier molecular flexibility index (Phi) is 5.11. The molecule has 1 aromatic heterocycles. The fraction of sp³-hybridized carbons (Fsp3) is 0.278. The molecule has 1 heterocycles. The summed E-state index contributed by atoms with van der Waals surface area (Å²) in [5, 5.41) is 18.7. The summed E-state index contributed by atoms with van der Waals surface area (Å²) in [5.74, 6) is -4.22. The van der Waals surface area contributed by atoms with Gasteiger partial charge in [0.25, 0.3) is 0 Å². The van der Waals surface area contributed by atoms with Gasteiger partial charge in [0.1, 0.15) is 0 Å². The van der Waals surface area contributed by atoms with Crippen molar-refractivity contribution in [2.45, 2.75) is 32.6 Å². The number of pyridine rings is 1. The van der Waals surface area contributed by atoms with Gasteiger partial charge in [0.15, 0.2) is 5.92 Å². The number of aryl methyl sites for hydroxylation is 2. The van der Waals surface area contributed by atoms with Crippen LogP contribution in [0.2, 0.25) is 0 Å². The molecule has 0 atom stereocenters. The Hall–Kier alpha value is -2.69. The second-order valence-electron chi connectivity index (χ2n) is 5.24. The minimum atomic E-state index is -1.54. The number of aromatic nitrogens is 1. The van der Waals surface area contributed by atoms with Crippen molar-refractivity contribution >= 4 is 11.9 Å². The summed E-state index contributed by atoms with van der Waals surface area (Å²) < 4.78 is 0. The third-order valence-corrected chi connectivity index (χ3v) is 3.86. The number of carboxylic acid groups (broad SMARTS) is 2. The molecule has 0 unspecified atom stereocenters. The standard InChI is InChI=1S/C18H19NO4/c1-3-11-9-13(14-7-5-6-8-19-14)10-12(4-2)15(11)16(17(20)21)18(22)23/h5-10,16H,3-4H2,1-2H3,(H,20,21)(H,22,23). The van der Waals surface area contributed by atoms with E-state index >= 15 is 0 Å². The van der Waals surface area contributed by atoms with Gasteiger partial charge in [0.2, 0.25) is 0 Å². The number of nitrogens with zero attached hydrogens (tertiary/aromatic N) is 1. The van der Waals surface area contributed by atoms with Gasteiger partial charge in [-0.15, -0.1) is 0 Å². The van der Waals surface area contributed by atoms with Crippen molar-refractivity contribution in [3.8, 4) is 11.3 Å². The molecule has 0 fully saturated rings. The van der Waals surface area contributed by atoms with Crippen LogP contribution in [-0.4, -0.2) is 27.1 Å². The molecule has 0 bridgehead atoms. The highest BCUT2D eigenvalue weighted by Gasteiger charge is 2.32. The minimum Gasteiger partial charge on any atom is -0.480 e. The van der Waals surface area contributed by atoms with Gasteiger partial charge in [-0.05, 0) is 53.8 Å². The van der Waals surface area contributed by atoms with Crippen LogP contribution in [0.15, 0.2) is 36.5 Å². The van der Waals surface area contributed by atoms with E-state index in [1.807, 2.05) is 44.2 Å². The molecule has 0 saturated heterocycles. The normalized spacial score (nSPS) is 10.7. The lowest BCUT2D eigenvalue weighted by molar-refractivity contribution is -0.150. The first-order valence-electron chi connectivity index (χ1n) is 7.52. The average Bonchev–Trinajstić information content (AvgIpc) is 2.55. The Morgan fingerprint density at radius 2 is 1.61 bits per heavy atom. The molecule has 120 valence electrons. The molecule has 2 rings (SSSR count). The van der Waals surface area contributed by atoms with Crippen LogP contribution >= 0.6 is 0 Å². The summed E-state index contributed by atoms with van der Waals surface area (Å²) in [7, 11) is 0. The Bertz CT molecular complexity index is 686. The number of aliphatic carboxylic acids is 2. The maximum Gasteiger partial charge on any atom is 0.322 e. The molecule has 0 aliphatic rings. The van der Waals surface area contributed by atoms with E-state index < -0.39 is 17.9 Å². The molecule has 1 aromatic carbocycles. The van der Waals surface area contributed by atoms with E-state index in [2.05, 4.69) is 4.98 Å². The van der Waals surface area contributed by atoms with Gasteiger partial charge in [0.05, 0.1) is 5.69 Å². The smallest absolute Gasteiger partial charge is 0.322 e. The van der Waals surface area contributed by atoms with E-state index in [0.29, 0.717) is 18.4 Å². The lowest BCUT2D eigenvalue weighted by Gasteiger charge is -2.19. The lowest BCUT2D eigenvalue weighted by atomic mass is 9.85. The van der Waals surface area contributed by atoms with Crippen LogP contribution in [0.5, 0.6) is 0 Å². The fourth-order valence-electron chi connectivity index (χ4n) is 2.77. The zero-order chi connectivity index (χ0) is 17.0. The largest absolute Gasteiger partial charge is 0.480 e. The van der Waals surface area contributed by atoms with Crippen molar-refractivity contribution in [1.29, 1.82) is 0 Å². The van der Waals surface area contributed by atoms with Gasteiger partial charge < -0.3 is 10.2 Å². The van der Waals surface area contributed by atoms with Gasteiger partial charge in [-0.1, -0.05) is 19.9 Å². The van der Waals surface area contributed by atoms with Gasteiger partial charge in [-0.25, -0.2) is 0 Å². The van der Waals surface area contributed by atoms with Crippen LogP contribution in [0, 0.1) is 0 Å². The Balaban J connectivity index is 2.69. The molecule has 0 aliphatic carbocycles.